The molecule has 0 saturated heterocycles. The van der Waals surface area contributed by atoms with Gasteiger partial charge in [0.2, 0.25) is 5.91 Å². The van der Waals surface area contributed by atoms with E-state index in [1.165, 1.54) is 35.5 Å². The van der Waals surface area contributed by atoms with E-state index in [1.807, 2.05) is 18.2 Å². The molecule has 0 radical (unpaired) electrons. The molecule has 9 heteroatoms. The third-order valence-electron chi connectivity index (χ3n) is 4.46. The highest BCUT2D eigenvalue weighted by molar-refractivity contribution is 7.98. The number of ether oxygens (including phenoxy) is 1. The molecule has 0 bridgehead atoms. The minimum absolute atomic E-state index is 0.135. The number of thioether (sulfide) groups is 1. The number of sulfone groups is 1. The summed E-state index contributed by atoms with van der Waals surface area (Å²) < 4.78 is 29.9. The van der Waals surface area contributed by atoms with Crippen molar-refractivity contribution in [3.8, 4) is 17.0 Å². The van der Waals surface area contributed by atoms with Gasteiger partial charge >= 0.3 is 0 Å². The van der Waals surface area contributed by atoms with Crippen molar-refractivity contribution in [3.63, 3.8) is 0 Å². The number of carbonyl (C=O) groups is 1. The van der Waals surface area contributed by atoms with Crippen molar-refractivity contribution in [2.24, 2.45) is 0 Å². The second-order valence-corrected chi connectivity index (χ2v) is 10.6. The SMILES string of the molecule is COc1ccc(S(=O)(=O)CCC(=O)Nc2nc3c(s2)CSc2ccccc2-3)cc1. The zero-order valence-corrected chi connectivity index (χ0v) is 18.0. The van der Waals surface area contributed by atoms with E-state index in [0.29, 0.717) is 10.9 Å². The van der Waals surface area contributed by atoms with Gasteiger partial charge in [-0.15, -0.1) is 23.1 Å². The number of rotatable bonds is 6. The van der Waals surface area contributed by atoms with Gasteiger partial charge in [0.25, 0.3) is 0 Å². The lowest BCUT2D eigenvalue weighted by Crippen LogP contribution is -2.17. The van der Waals surface area contributed by atoms with Crippen molar-refractivity contribution < 1.29 is 17.9 Å². The Bertz CT molecular complexity index is 1150. The van der Waals surface area contributed by atoms with Crippen LogP contribution in [0.15, 0.2) is 58.3 Å². The molecule has 2 aromatic carbocycles. The lowest BCUT2D eigenvalue weighted by Gasteiger charge is -2.13. The first-order chi connectivity index (χ1) is 14.0. The van der Waals surface area contributed by atoms with Gasteiger partial charge in [0.05, 0.1) is 23.5 Å². The molecule has 0 unspecified atom stereocenters. The summed E-state index contributed by atoms with van der Waals surface area (Å²) in [7, 11) is -2.04. The molecule has 29 heavy (non-hydrogen) atoms. The lowest BCUT2D eigenvalue weighted by molar-refractivity contribution is -0.115. The van der Waals surface area contributed by atoms with Crippen LogP contribution in [0.4, 0.5) is 5.13 Å². The molecule has 3 aromatic rings. The number of fused-ring (bicyclic) bond motifs is 3. The molecule has 0 atom stereocenters. The third kappa shape index (κ3) is 4.31. The molecular formula is C20H18N2O4S3. The van der Waals surface area contributed by atoms with Crippen molar-refractivity contribution in [2.45, 2.75) is 22.0 Å². The zero-order chi connectivity index (χ0) is 20.4. The average molecular weight is 447 g/mol. The van der Waals surface area contributed by atoms with Crippen molar-refractivity contribution >= 4 is 44.0 Å². The molecule has 4 rings (SSSR count). The molecule has 1 N–H and O–H groups in total. The highest BCUT2D eigenvalue weighted by Gasteiger charge is 2.22. The molecule has 0 aliphatic carbocycles. The van der Waals surface area contributed by atoms with Crippen LogP contribution in [0.1, 0.15) is 11.3 Å². The quantitative estimate of drug-likeness (QED) is 0.610. The number of nitrogens with one attached hydrogen (secondary N) is 1. The van der Waals surface area contributed by atoms with Gasteiger partial charge in [-0.25, -0.2) is 13.4 Å². The highest BCUT2D eigenvalue weighted by Crippen LogP contribution is 2.44. The van der Waals surface area contributed by atoms with E-state index in [2.05, 4.69) is 16.4 Å². The van der Waals surface area contributed by atoms with Crippen molar-refractivity contribution in [2.75, 3.05) is 18.2 Å². The number of amides is 1. The topological polar surface area (TPSA) is 85.4 Å². The average Bonchev–Trinajstić information content (AvgIpc) is 3.15. The Morgan fingerprint density at radius 1 is 1.17 bits per heavy atom. The molecular weight excluding hydrogens is 428 g/mol. The maximum Gasteiger partial charge on any atom is 0.227 e. The number of benzene rings is 2. The van der Waals surface area contributed by atoms with Crippen LogP contribution in [-0.2, 0) is 20.4 Å². The van der Waals surface area contributed by atoms with Gasteiger partial charge in [-0.2, -0.15) is 0 Å². The number of methoxy groups -OCH3 is 1. The third-order valence-corrected chi connectivity index (χ3v) is 8.45. The smallest absolute Gasteiger partial charge is 0.227 e. The summed E-state index contributed by atoms with van der Waals surface area (Å²) in [6, 6.07) is 14.2. The minimum Gasteiger partial charge on any atom is -0.497 e. The normalized spacial score (nSPS) is 12.7. The Labute approximate surface area is 177 Å². The summed E-state index contributed by atoms with van der Waals surface area (Å²) in [5, 5.41) is 3.25. The largest absolute Gasteiger partial charge is 0.497 e. The second-order valence-electron chi connectivity index (χ2n) is 6.37. The van der Waals surface area contributed by atoms with E-state index in [-0.39, 0.29) is 23.0 Å². The van der Waals surface area contributed by atoms with Gasteiger partial charge in [-0.05, 0) is 30.3 Å². The van der Waals surface area contributed by atoms with Gasteiger partial charge in [-0.1, -0.05) is 18.2 Å². The predicted octanol–water partition coefficient (Wildman–Crippen LogP) is 4.23. The highest BCUT2D eigenvalue weighted by atomic mass is 32.2. The molecule has 1 aromatic heterocycles. The molecule has 0 saturated carbocycles. The van der Waals surface area contributed by atoms with Crippen LogP contribution in [0.25, 0.3) is 11.3 Å². The monoisotopic (exact) mass is 446 g/mol. The van der Waals surface area contributed by atoms with E-state index < -0.39 is 9.84 Å². The summed E-state index contributed by atoms with van der Waals surface area (Å²) in [5.74, 6) is 0.754. The van der Waals surface area contributed by atoms with Crippen LogP contribution >= 0.6 is 23.1 Å². The van der Waals surface area contributed by atoms with E-state index in [9.17, 15) is 13.2 Å². The first-order valence-corrected chi connectivity index (χ1v) is 12.3. The van der Waals surface area contributed by atoms with Crippen LogP contribution in [0.3, 0.4) is 0 Å². The molecule has 1 amide bonds. The number of anilines is 1. The molecule has 2 heterocycles. The molecule has 0 spiro atoms. The minimum atomic E-state index is -3.55. The molecule has 1 aliphatic heterocycles. The molecule has 150 valence electrons. The Hall–Kier alpha value is -2.36. The fourth-order valence-electron chi connectivity index (χ4n) is 2.95. The Morgan fingerprint density at radius 3 is 2.69 bits per heavy atom. The molecule has 6 nitrogen and oxygen atoms in total. The summed E-state index contributed by atoms with van der Waals surface area (Å²) >= 11 is 3.18. The van der Waals surface area contributed by atoms with Crippen LogP contribution in [0, 0.1) is 0 Å². The standard InChI is InChI=1S/C20H18N2O4S3/c1-26-13-6-8-14(9-7-13)29(24,25)11-10-18(23)21-20-22-19-15-4-2-3-5-16(15)27-12-17(19)28-20/h2-9H,10-12H2,1H3,(H,21,22,23). The summed E-state index contributed by atoms with van der Waals surface area (Å²) in [5.41, 5.74) is 1.96. The number of hydrogen-bond acceptors (Lipinski definition) is 7. The fourth-order valence-corrected chi connectivity index (χ4v) is 6.31. The number of thiazole rings is 1. The van der Waals surface area contributed by atoms with Crippen molar-refractivity contribution in [3.05, 3.63) is 53.4 Å². The summed E-state index contributed by atoms with van der Waals surface area (Å²) in [4.78, 5) is 19.3. The number of aromatic nitrogens is 1. The molecule has 0 fully saturated rings. The Kier molecular flexibility index (Phi) is 5.62. The van der Waals surface area contributed by atoms with Gasteiger partial charge in [-0.3, -0.25) is 4.79 Å². The first kappa shape index (κ1) is 19.9. The van der Waals surface area contributed by atoms with Gasteiger partial charge < -0.3 is 10.1 Å². The first-order valence-electron chi connectivity index (χ1n) is 8.85. The summed E-state index contributed by atoms with van der Waals surface area (Å²) in [6.45, 7) is 0. The van der Waals surface area contributed by atoms with E-state index in [4.69, 9.17) is 4.74 Å². The van der Waals surface area contributed by atoms with Crippen LogP contribution in [-0.4, -0.2) is 32.2 Å². The predicted molar refractivity (Wildman–Crippen MR) is 115 cm³/mol. The number of nitrogens with zero attached hydrogens (tertiary/aromatic N) is 1. The van der Waals surface area contributed by atoms with Crippen LogP contribution < -0.4 is 10.1 Å². The van der Waals surface area contributed by atoms with Crippen LogP contribution in [0.2, 0.25) is 0 Å². The van der Waals surface area contributed by atoms with Crippen molar-refractivity contribution in [1.29, 1.82) is 0 Å². The van der Waals surface area contributed by atoms with E-state index in [0.717, 1.165) is 21.9 Å². The lowest BCUT2D eigenvalue weighted by atomic mass is 10.1. The van der Waals surface area contributed by atoms with E-state index >= 15 is 0 Å². The zero-order valence-electron chi connectivity index (χ0n) is 15.5. The Balaban J connectivity index is 1.41. The number of carbonyl (C=O) groups excluding carboxylic acids is 1. The number of hydrogen-bond donors (Lipinski definition) is 1. The second kappa shape index (κ2) is 8.17. The van der Waals surface area contributed by atoms with E-state index in [1.54, 1.807) is 23.9 Å². The molecule has 1 aliphatic rings. The Morgan fingerprint density at radius 2 is 1.93 bits per heavy atom. The van der Waals surface area contributed by atoms with Gasteiger partial charge in [0.1, 0.15) is 5.75 Å². The fraction of sp³-hybridized carbons (Fsp3) is 0.200. The maximum absolute atomic E-state index is 12.4. The summed E-state index contributed by atoms with van der Waals surface area (Å²) in [6.07, 6.45) is -0.135. The van der Waals surface area contributed by atoms with Gasteiger partial charge in [0, 0.05) is 27.5 Å². The van der Waals surface area contributed by atoms with Crippen LogP contribution in [0.5, 0.6) is 5.75 Å². The van der Waals surface area contributed by atoms with Crippen molar-refractivity contribution in [1.82, 2.24) is 4.98 Å². The maximum atomic E-state index is 12.4. The van der Waals surface area contributed by atoms with Gasteiger partial charge in [0.15, 0.2) is 15.0 Å².